The van der Waals surface area contributed by atoms with E-state index in [1.54, 1.807) is 5.56 Å². The molecule has 1 heteroatoms. The van der Waals surface area contributed by atoms with Crippen molar-refractivity contribution in [1.29, 1.82) is 0 Å². The SMILES string of the molecule is c1ccc(-c2ccc3c(c2)-c2cc4c(cc2CC2CC32)Sc2cccc3cccc-4c23)cc1. The summed E-state index contributed by atoms with van der Waals surface area (Å²) < 4.78 is 0. The molecule has 1 fully saturated rings. The van der Waals surface area contributed by atoms with Crippen LogP contribution in [0, 0.1) is 5.92 Å². The van der Waals surface area contributed by atoms with Crippen LogP contribution in [-0.4, -0.2) is 0 Å². The van der Waals surface area contributed by atoms with Crippen LogP contribution >= 0.6 is 11.8 Å². The molecule has 0 nitrogen and oxygen atoms in total. The summed E-state index contributed by atoms with van der Waals surface area (Å²) in [5.41, 5.74) is 11.4. The summed E-state index contributed by atoms with van der Waals surface area (Å²) in [6.07, 6.45) is 2.54. The summed E-state index contributed by atoms with van der Waals surface area (Å²) in [5.74, 6) is 1.53. The van der Waals surface area contributed by atoms with E-state index in [4.69, 9.17) is 0 Å². The maximum absolute atomic E-state index is 2.52. The minimum Gasteiger partial charge on any atom is -0.0888 e. The number of rotatable bonds is 1. The Morgan fingerprint density at radius 2 is 1.48 bits per heavy atom. The number of fused-ring (bicyclic) bond motifs is 7. The van der Waals surface area contributed by atoms with E-state index >= 15 is 0 Å². The zero-order chi connectivity index (χ0) is 21.5. The van der Waals surface area contributed by atoms with Crippen LogP contribution in [-0.2, 0) is 6.42 Å². The first kappa shape index (κ1) is 18.2. The Bertz CT molecular complexity index is 1590. The molecular formula is C32H22S. The van der Waals surface area contributed by atoms with Gasteiger partial charge >= 0.3 is 0 Å². The van der Waals surface area contributed by atoms with Crippen molar-refractivity contribution in [3.63, 3.8) is 0 Å². The Morgan fingerprint density at radius 1 is 0.606 bits per heavy atom. The minimum absolute atomic E-state index is 0.725. The van der Waals surface area contributed by atoms with Crippen molar-refractivity contribution >= 4 is 22.5 Å². The van der Waals surface area contributed by atoms with Gasteiger partial charge in [0.25, 0.3) is 0 Å². The molecule has 1 aliphatic heterocycles. The van der Waals surface area contributed by atoms with E-state index in [9.17, 15) is 0 Å². The van der Waals surface area contributed by atoms with Crippen LogP contribution in [0.1, 0.15) is 23.5 Å². The maximum Gasteiger partial charge on any atom is 0.0207 e. The monoisotopic (exact) mass is 438 g/mol. The van der Waals surface area contributed by atoms with Crippen LogP contribution in [0.15, 0.2) is 107 Å². The van der Waals surface area contributed by atoms with E-state index in [-0.39, 0.29) is 0 Å². The van der Waals surface area contributed by atoms with E-state index in [0.29, 0.717) is 0 Å². The van der Waals surface area contributed by atoms with Crippen molar-refractivity contribution in [2.75, 3.05) is 0 Å². The van der Waals surface area contributed by atoms with Crippen molar-refractivity contribution < 1.29 is 0 Å². The molecule has 1 heterocycles. The largest absolute Gasteiger partial charge is 0.0888 e. The second-order valence-electron chi connectivity index (χ2n) is 9.74. The molecule has 5 aromatic rings. The van der Waals surface area contributed by atoms with Gasteiger partial charge in [-0.1, -0.05) is 84.6 Å². The molecule has 0 spiro atoms. The van der Waals surface area contributed by atoms with Gasteiger partial charge in [-0.05, 0) is 98.8 Å². The molecule has 0 bridgehead atoms. The third kappa shape index (κ3) is 2.66. The van der Waals surface area contributed by atoms with Crippen LogP contribution in [0.25, 0.3) is 44.2 Å². The lowest BCUT2D eigenvalue weighted by Crippen LogP contribution is -1.98. The van der Waals surface area contributed by atoms with Gasteiger partial charge in [-0.2, -0.15) is 0 Å². The molecule has 5 aromatic carbocycles. The smallest absolute Gasteiger partial charge is 0.0207 e. The van der Waals surface area contributed by atoms with Gasteiger partial charge in [-0.3, -0.25) is 0 Å². The van der Waals surface area contributed by atoms with Crippen molar-refractivity contribution in [2.45, 2.75) is 28.6 Å². The highest BCUT2D eigenvalue weighted by atomic mass is 32.2. The molecule has 8 rings (SSSR count). The molecule has 0 radical (unpaired) electrons. The lowest BCUT2D eigenvalue weighted by Gasteiger charge is -2.23. The normalized spacial score (nSPS) is 19.2. The summed E-state index contributed by atoms with van der Waals surface area (Å²) in [6.45, 7) is 0. The van der Waals surface area contributed by atoms with Gasteiger partial charge in [0.15, 0.2) is 0 Å². The lowest BCUT2D eigenvalue weighted by molar-refractivity contribution is 0.803. The Kier molecular flexibility index (Phi) is 3.64. The zero-order valence-corrected chi connectivity index (χ0v) is 19.0. The molecular weight excluding hydrogens is 416 g/mol. The maximum atomic E-state index is 2.52. The lowest BCUT2D eigenvalue weighted by atomic mass is 9.88. The second-order valence-corrected chi connectivity index (χ2v) is 10.8. The molecule has 2 atom stereocenters. The number of benzene rings is 5. The Hall–Kier alpha value is -3.29. The van der Waals surface area contributed by atoms with Crippen LogP contribution in [0.3, 0.4) is 0 Å². The van der Waals surface area contributed by atoms with Crippen molar-refractivity contribution in [3.05, 3.63) is 108 Å². The van der Waals surface area contributed by atoms with E-state index < -0.39 is 0 Å². The summed E-state index contributed by atoms with van der Waals surface area (Å²) in [4.78, 5) is 2.81. The Balaban J connectivity index is 1.39. The zero-order valence-electron chi connectivity index (χ0n) is 18.2. The molecule has 0 N–H and O–H groups in total. The summed E-state index contributed by atoms with van der Waals surface area (Å²) >= 11 is 1.95. The Morgan fingerprint density at radius 3 is 2.39 bits per heavy atom. The highest BCUT2D eigenvalue weighted by Crippen LogP contribution is 2.57. The summed E-state index contributed by atoms with van der Waals surface area (Å²) in [6, 6.07) is 36.5. The molecule has 3 aliphatic rings. The molecule has 2 unspecified atom stereocenters. The standard InChI is InChI=1S/C32H22S/c1-2-6-19(7-3-1)21-12-13-24-26-16-22(26)14-23-17-31-29(18-27(23)28(24)15-21)25-10-4-8-20-9-5-11-30(33-31)32(20)25/h1-13,15,17-18,22,26H,14,16H2. The van der Waals surface area contributed by atoms with Gasteiger partial charge in [-0.25, -0.2) is 0 Å². The Labute approximate surface area is 198 Å². The van der Waals surface area contributed by atoms with Gasteiger partial charge in [-0.15, -0.1) is 0 Å². The minimum atomic E-state index is 0.725. The highest BCUT2D eigenvalue weighted by molar-refractivity contribution is 7.99. The summed E-state index contributed by atoms with van der Waals surface area (Å²) in [5, 5.41) is 2.75. The summed E-state index contributed by atoms with van der Waals surface area (Å²) in [7, 11) is 0. The predicted molar refractivity (Wildman–Crippen MR) is 139 cm³/mol. The van der Waals surface area contributed by atoms with Gasteiger partial charge in [0.05, 0.1) is 0 Å². The average molecular weight is 439 g/mol. The van der Waals surface area contributed by atoms with Crippen molar-refractivity contribution in [1.82, 2.24) is 0 Å². The first-order valence-electron chi connectivity index (χ1n) is 11.9. The first-order valence-corrected chi connectivity index (χ1v) is 12.7. The fraction of sp³-hybridized carbons (Fsp3) is 0.125. The van der Waals surface area contributed by atoms with Gasteiger partial charge in [0.2, 0.25) is 0 Å². The van der Waals surface area contributed by atoms with Gasteiger partial charge < -0.3 is 0 Å². The molecule has 2 aliphatic carbocycles. The molecule has 0 aromatic heterocycles. The quantitative estimate of drug-likeness (QED) is 0.247. The molecule has 1 saturated carbocycles. The molecule has 156 valence electrons. The van der Waals surface area contributed by atoms with Crippen LogP contribution in [0.5, 0.6) is 0 Å². The van der Waals surface area contributed by atoms with Crippen LogP contribution < -0.4 is 0 Å². The third-order valence-electron chi connectivity index (χ3n) is 7.84. The molecule has 33 heavy (non-hydrogen) atoms. The fourth-order valence-electron chi connectivity index (χ4n) is 6.13. The van der Waals surface area contributed by atoms with Crippen LogP contribution in [0.4, 0.5) is 0 Å². The van der Waals surface area contributed by atoms with Crippen LogP contribution in [0.2, 0.25) is 0 Å². The molecule has 0 amide bonds. The number of hydrogen-bond acceptors (Lipinski definition) is 1. The number of hydrogen-bond donors (Lipinski definition) is 0. The second kappa shape index (κ2) is 6.62. The van der Waals surface area contributed by atoms with Crippen molar-refractivity contribution in [3.8, 4) is 33.4 Å². The topological polar surface area (TPSA) is 0 Å². The van der Waals surface area contributed by atoms with E-state index in [1.807, 2.05) is 11.8 Å². The van der Waals surface area contributed by atoms with E-state index in [1.165, 1.54) is 72.3 Å². The third-order valence-corrected chi connectivity index (χ3v) is 8.95. The predicted octanol–water partition coefficient (Wildman–Crippen LogP) is 8.96. The first-order chi connectivity index (χ1) is 16.3. The fourth-order valence-corrected chi connectivity index (χ4v) is 7.32. The van der Waals surface area contributed by atoms with Gasteiger partial charge in [0.1, 0.15) is 0 Å². The van der Waals surface area contributed by atoms with E-state index in [0.717, 1.165) is 11.8 Å². The molecule has 0 saturated heterocycles. The van der Waals surface area contributed by atoms with Crippen molar-refractivity contribution in [2.24, 2.45) is 5.92 Å². The average Bonchev–Trinajstić information content (AvgIpc) is 3.64. The highest BCUT2D eigenvalue weighted by Gasteiger charge is 2.42. The van der Waals surface area contributed by atoms with Gasteiger partial charge in [0, 0.05) is 15.2 Å². The van der Waals surface area contributed by atoms with E-state index in [2.05, 4.69) is 97.1 Å².